The Balaban J connectivity index is 2.19. The van der Waals surface area contributed by atoms with E-state index in [0.29, 0.717) is 5.69 Å². The van der Waals surface area contributed by atoms with E-state index in [1.807, 2.05) is 26.0 Å². The van der Waals surface area contributed by atoms with E-state index in [2.05, 4.69) is 5.32 Å². The molecule has 0 spiro atoms. The Morgan fingerprint density at radius 3 is 2.44 bits per heavy atom. The Morgan fingerprint density at radius 2 is 2.00 bits per heavy atom. The standard InChI is InChI=1S/C13H15NO4/c1-8-3-4-10(9(2)5-8)14-11(15)13(12(16)17)6-18-7-13/h3-5H,6-7H2,1-2H3,(H,14,15)(H,16,17). The number of amides is 1. The third kappa shape index (κ3) is 1.97. The molecule has 1 aliphatic rings. The van der Waals surface area contributed by atoms with Crippen LogP contribution in [0.1, 0.15) is 11.1 Å². The minimum atomic E-state index is -1.43. The lowest BCUT2D eigenvalue weighted by Crippen LogP contribution is -2.57. The minimum Gasteiger partial charge on any atom is -0.480 e. The Labute approximate surface area is 105 Å². The smallest absolute Gasteiger partial charge is 0.324 e. The van der Waals surface area contributed by atoms with Crippen LogP contribution in [0.3, 0.4) is 0 Å². The second kappa shape index (κ2) is 4.42. The van der Waals surface area contributed by atoms with Gasteiger partial charge in [-0.15, -0.1) is 0 Å². The number of carboxylic acid groups (broad SMARTS) is 1. The fraction of sp³-hybridized carbons (Fsp3) is 0.385. The molecule has 1 amide bonds. The largest absolute Gasteiger partial charge is 0.480 e. The monoisotopic (exact) mass is 249 g/mol. The third-order valence-electron chi connectivity index (χ3n) is 3.17. The number of anilines is 1. The van der Waals surface area contributed by atoms with Gasteiger partial charge < -0.3 is 15.2 Å². The van der Waals surface area contributed by atoms with E-state index in [9.17, 15) is 9.59 Å². The molecule has 18 heavy (non-hydrogen) atoms. The summed E-state index contributed by atoms with van der Waals surface area (Å²) >= 11 is 0. The summed E-state index contributed by atoms with van der Waals surface area (Å²) in [7, 11) is 0. The number of benzene rings is 1. The highest BCUT2D eigenvalue weighted by Gasteiger charge is 2.53. The number of ether oxygens (including phenoxy) is 1. The van der Waals surface area contributed by atoms with Crippen LogP contribution in [-0.4, -0.2) is 30.2 Å². The van der Waals surface area contributed by atoms with Gasteiger partial charge in [-0.25, -0.2) is 0 Å². The van der Waals surface area contributed by atoms with Gasteiger partial charge >= 0.3 is 5.97 Å². The first-order valence-corrected chi connectivity index (χ1v) is 5.65. The van der Waals surface area contributed by atoms with E-state index in [0.717, 1.165) is 11.1 Å². The van der Waals surface area contributed by atoms with Gasteiger partial charge in [0.1, 0.15) is 0 Å². The second-order valence-electron chi connectivity index (χ2n) is 4.65. The summed E-state index contributed by atoms with van der Waals surface area (Å²) in [5.41, 5.74) is 1.20. The maximum absolute atomic E-state index is 12.0. The Kier molecular flexibility index (Phi) is 3.09. The van der Waals surface area contributed by atoms with Crippen LogP contribution in [0.4, 0.5) is 5.69 Å². The number of nitrogens with one attached hydrogen (secondary N) is 1. The van der Waals surface area contributed by atoms with Crippen molar-refractivity contribution < 1.29 is 19.4 Å². The first-order chi connectivity index (χ1) is 8.45. The fourth-order valence-corrected chi connectivity index (χ4v) is 1.85. The minimum absolute atomic E-state index is 0.0704. The Hall–Kier alpha value is -1.88. The molecule has 1 fully saturated rings. The van der Waals surface area contributed by atoms with Crippen molar-refractivity contribution in [2.75, 3.05) is 18.5 Å². The predicted octanol–water partition coefficient (Wildman–Crippen LogP) is 1.34. The van der Waals surface area contributed by atoms with Gasteiger partial charge in [-0.3, -0.25) is 9.59 Å². The SMILES string of the molecule is Cc1ccc(NC(=O)C2(C(=O)O)COC2)c(C)c1. The van der Waals surface area contributed by atoms with Gasteiger partial charge in [0, 0.05) is 5.69 Å². The van der Waals surface area contributed by atoms with Gasteiger partial charge in [-0.1, -0.05) is 17.7 Å². The van der Waals surface area contributed by atoms with Crippen LogP contribution < -0.4 is 5.32 Å². The van der Waals surface area contributed by atoms with Gasteiger partial charge in [-0.2, -0.15) is 0 Å². The van der Waals surface area contributed by atoms with E-state index in [1.165, 1.54) is 0 Å². The zero-order valence-corrected chi connectivity index (χ0v) is 10.3. The lowest BCUT2D eigenvalue weighted by Gasteiger charge is -2.35. The van der Waals surface area contributed by atoms with Gasteiger partial charge in [0.05, 0.1) is 13.2 Å². The third-order valence-corrected chi connectivity index (χ3v) is 3.17. The van der Waals surface area contributed by atoms with Crippen molar-refractivity contribution in [3.05, 3.63) is 29.3 Å². The van der Waals surface area contributed by atoms with Crippen molar-refractivity contribution in [3.63, 3.8) is 0 Å². The lowest BCUT2D eigenvalue weighted by molar-refractivity contribution is -0.182. The van der Waals surface area contributed by atoms with Crippen LogP contribution >= 0.6 is 0 Å². The highest BCUT2D eigenvalue weighted by molar-refractivity contribution is 6.09. The van der Waals surface area contributed by atoms with Crippen LogP contribution in [0.2, 0.25) is 0 Å². The second-order valence-corrected chi connectivity index (χ2v) is 4.65. The summed E-state index contributed by atoms with van der Waals surface area (Å²) in [6, 6.07) is 5.57. The topological polar surface area (TPSA) is 75.6 Å². The van der Waals surface area contributed by atoms with Crippen molar-refractivity contribution in [3.8, 4) is 0 Å². The molecule has 0 radical (unpaired) electrons. The summed E-state index contributed by atoms with van der Waals surface area (Å²) in [6.07, 6.45) is 0. The van der Waals surface area contributed by atoms with E-state index in [4.69, 9.17) is 9.84 Å². The molecule has 1 aromatic carbocycles. The number of aliphatic carboxylic acids is 1. The molecule has 0 bridgehead atoms. The summed E-state index contributed by atoms with van der Waals surface area (Å²) < 4.78 is 4.87. The average Bonchev–Trinajstić information content (AvgIpc) is 2.19. The maximum Gasteiger partial charge on any atom is 0.324 e. The predicted molar refractivity (Wildman–Crippen MR) is 65.4 cm³/mol. The molecule has 0 aliphatic carbocycles. The molecule has 5 heteroatoms. The zero-order valence-electron chi connectivity index (χ0n) is 10.3. The summed E-state index contributed by atoms with van der Waals surface area (Å²) in [4.78, 5) is 23.2. The summed E-state index contributed by atoms with van der Waals surface area (Å²) in [5.74, 6) is -1.66. The molecule has 0 saturated carbocycles. The van der Waals surface area contributed by atoms with Crippen LogP contribution in [-0.2, 0) is 14.3 Å². The number of hydrogen-bond donors (Lipinski definition) is 2. The highest BCUT2D eigenvalue weighted by Crippen LogP contribution is 2.30. The Morgan fingerprint density at radius 1 is 1.33 bits per heavy atom. The lowest BCUT2D eigenvalue weighted by atomic mass is 9.85. The summed E-state index contributed by atoms with van der Waals surface area (Å²) in [5, 5.41) is 11.8. The summed E-state index contributed by atoms with van der Waals surface area (Å²) in [6.45, 7) is 3.68. The zero-order chi connectivity index (χ0) is 13.3. The van der Waals surface area contributed by atoms with Crippen molar-refractivity contribution in [1.82, 2.24) is 0 Å². The number of carbonyl (C=O) groups excluding carboxylic acids is 1. The molecule has 0 aromatic heterocycles. The van der Waals surface area contributed by atoms with Crippen LogP contribution in [0.5, 0.6) is 0 Å². The van der Waals surface area contributed by atoms with Gasteiger partial charge in [0.2, 0.25) is 5.91 Å². The van der Waals surface area contributed by atoms with Crippen molar-refractivity contribution >= 4 is 17.6 Å². The van der Waals surface area contributed by atoms with Gasteiger partial charge in [0.15, 0.2) is 5.41 Å². The average molecular weight is 249 g/mol. The molecule has 2 N–H and O–H groups in total. The number of carboxylic acids is 1. The van der Waals surface area contributed by atoms with Crippen LogP contribution in [0.25, 0.3) is 0 Å². The number of aryl methyl sites for hydroxylation is 2. The molecule has 0 atom stereocenters. The maximum atomic E-state index is 12.0. The highest BCUT2D eigenvalue weighted by atomic mass is 16.5. The Bertz CT molecular complexity index is 506. The van der Waals surface area contributed by atoms with Crippen molar-refractivity contribution in [2.24, 2.45) is 5.41 Å². The molecule has 2 rings (SSSR count). The molecule has 5 nitrogen and oxygen atoms in total. The van der Waals surface area contributed by atoms with E-state index < -0.39 is 17.3 Å². The number of rotatable bonds is 3. The van der Waals surface area contributed by atoms with Gasteiger partial charge in [0.25, 0.3) is 0 Å². The van der Waals surface area contributed by atoms with Gasteiger partial charge in [-0.05, 0) is 25.5 Å². The normalized spacial score (nSPS) is 16.8. The van der Waals surface area contributed by atoms with E-state index >= 15 is 0 Å². The van der Waals surface area contributed by atoms with E-state index in [-0.39, 0.29) is 13.2 Å². The molecular formula is C13H15NO4. The number of carbonyl (C=O) groups is 2. The van der Waals surface area contributed by atoms with Crippen molar-refractivity contribution in [2.45, 2.75) is 13.8 Å². The van der Waals surface area contributed by atoms with Crippen LogP contribution in [0, 0.1) is 19.3 Å². The molecule has 1 heterocycles. The molecular weight excluding hydrogens is 234 g/mol. The first-order valence-electron chi connectivity index (χ1n) is 5.65. The first kappa shape index (κ1) is 12.6. The molecule has 1 aliphatic heterocycles. The molecule has 1 aromatic rings. The fourth-order valence-electron chi connectivity index (χ4n) is 1.85. The van der Waals surface area contributed by atoms with Crippen molar-refractivity contribution in [1.29, 1.82) is 0 Å². The molecule has 1 saturated heterocycles. The quantitative estimate of drug-likeness (QED) is 0.793. The molecule has 96 valence electrons. The van der Waals surface area contributed by atoms with Crippen LogP contribution in [0.15, 0.2) is 18.2 Å². The van der Waals surface area contributed by atoms with E-state index in [1.54, 1.807) is 6.07 Å². The number of hydrogen-bond acceptors (Lipinski definition) is 3. The molecule has 0 unspecified atom stereocenters.